The van der Waals surface area contributed by atoms with E-state index in [4.69, 9.17) is 5.41 Å². The molecule has 0 radical (unpaired) electrons. The van der Waals surface area contributed by atoms with Crippen molar-refractivity contribution in [3.8, 4) is 0 Å². The second-order valence-corrected chi connectivity index (χ2v) is 10.2. The van der Waals surface area contributed by atoms with E-state index in [0.717, 1.165) is 27.7 Å². The summed E-state index contributed by atoms with van der Waals surface area (Å²) in [6.45, 7) is 8.14. The fraction of sp³-hybridized carbons (Fsp3) is 0.458. The summed E-state index contributed by atoms with van der Waals surface area (Å²) in [6, 6.07) is 6.01. The Morgan fingerprint density at radius 2 is 1.97 bits per heavy atom. The Hall–Kier alpha value is -2.26. The maximum atomic E-state index is 13.1. The van der Waals surface area contributed by atoms with Crippen LogP contribution >= 0.6 is 8.58 Å². The quantitative estimate of drug-likeness (QED) is 0.457. The number of benzene rings is 1. The van der Waals surface area contributed by atoms with Crippen molar-refractivity contribution in [2.45, 2.75) is 71.5 Å². The molecule has 1 fully saturated rings. The van der Waals surface area contributed by atoms with Gasteiger partial charge < -0.3 is 15.7 Å². The standard InChI is InChI=1S/C24H32N3O2P/c1-14(2)17-10-19(20(12-25)22(11-17)30-18-7-5-6-8-18)23(28)26-13-21-15(3)9-16(4)27-24(21)29/h9-12,14,18,25,30H,5-8,13H2,1-4H3,(H,26,28)(H,27,29). The number of aromatic amines is 1. The van der Waals surface area contributed by atoms with Crippen LogP contribution in [0.2, 0.25) is 0 Å². The molecular weight excluding hydrogens is 393 g/mol. The predicted molar refractivity (Wildman–Crippen MR) is 126 cm³/mol. The molecule has 6 heteroatoms. The third-order valence-corrected chi connectivity index (χ3v) is 7.60. The molecule has 1 atom stereocenters. The lowest BCUT2D eigenvalue weighted by molar-refractivity contribution is 0.0950. The zero-order valence-corrected chi connectivity index (χ0v) is 19.3. The fourth-order valence-corrected chi connectivity index (χ4v) is 5.88. The van der Waals surface area contributed by atoms with Crippen LogP contribution in [0.3, 0.4) is 0 Å². The largest absolute Gasteiger partial charge is 0.348 e. The molecule has 0 bridgehead atoms. The first kappa shape index (κ1) is 22.4. The molecule has 3 rings (SSSR count). The number of hydrogen-bond donors (Lipinski definition) is 3. The number of rotatable bonds is 7. The minimum absolute atomic E-state index is 0.167. The Labute approximate surface area is 180 Å². The third kappa shape index (κ3) is 5.07. The second kappa shape index (κ2) is 9.70. The number of aryl methyl sites for hydroxylation is 2. The van der Waals surface area contributed by atoms with Gasteiger partial charge in [0.1, 0.15) is 0 Å². The lowest BCUT2D eigenvalue weighted by Crippen LogP contribution is -2.30. The van der Waals surface area contributed by atoms with Gasteiger partial charge in [0.25, 0.3) is 11.5 Å². The van der Waals surface area contributed by atoms with Gasteiger partial charge in [0.05, 0.1) is 0 Å². The summed E-state index contributed by atoms with van der Waals surface area (Å²) in [5.74, 6) is 0.0681. The van der Waals surface area contributed by atoms with E-state index in [9.17, 15) is 9.59 Å². The van der Waals surface area contributed by atoms with Crippen LogP contribution in [0.25, 0.3) is 0 Å². The van der Waals surface area contributed by atoms with Crippen molar-refractivity contribution in [1.82, 2.24) is 10.3 Å². The fourth-order valence-electron chi connectivity index (χ4n) is 4.13. The lowest BCUT2D eigenvalue weighted by atomic mass is 9.97. The Balaban J connectivity index is 1.91. The van der Waals surface area contributed by atoms with Crippen LogP contribution in [0.1, 0.15) is 83.8 Å². The summed E-state index contributed by atoms with van der Waals surface area (Å²) >= 11 is 0. The first-order chi connectivity index (χ1) is 14.3. The van der Waals surface area contributed by atoms with Crippen LogP contribution in [0.4, 0.5) is 0 Å². The summed E-state index contributed by atoms with van der Waals surface area (Å²) in [5, 5.41) is 12.0. The molecule has 1 saturated carbocycles. The topological polar surface area (TPSA) is 85.8 Å². The smallest absolute Gasteiger partial charge is 0.253 e. The van der Waals surface area contributed by atoms with Gasteiger partial charge in [0, 0.05) is 35.1 Å². The van der Waals surface area contributed by atoms with Gasteiger partial charge in [-0.05, 0) is 66.8 Å². The number of carbonyl (C=O) groups is 1. The highest BCUT2D eigenvalue weighted by molar-refractivity contribution is 7.48. The van der Waals surface area contributed by atoms with Gasteiger partial charge in [-0.2, -0.15) is 0 Å². The van der Waals surface area contributed by atoms with E-state index >= 15 is 0 Å². The summed E-state index contributed by atoms with van der Waals surface area (Å²) in [4.78, 5) is 28.2. The highest BCUT2D eigenvalue weighted by Crippen LogP contribution is 2.35. The van der Waals surface area contributed by atoms with Crippen molar-refractivity contribution in [2.75, 3.05) is 0 Å². The van der Waals surface area contributed by atoms with Gasteiger partial charge in [-0.3, -0.25) is 9.59 Å². The van der Waals surface area contributed by atoms with Crippen molar-refractivity contribution in [1.29, 1.82) is 5.41 Å². The normalized spacial score (nSPS) is 14.7. The molecule has 160 valence electrons. The molecule has 0 aliphatic heterocycles. The zero-order chi connectivity index (χ0) is 21.8. The summed E-state index contributed by atoms with van der Waals surface area (Å²) in [7, 11) is 0.625. The van der Waals surface area contributed by atoms with Gasteiger partial charge in [-0.25, -0.2) is 0 Å². The predicted octanol–water partition coefficient (Wildman–Crippen LogP) is 4.29. The molecule has 2 aromatic rings. The van der Waals surface area contributed by atoms with E-state index in [1.54, 1.807) is 0 Å². The third-order valence-electron chi connectivity index (χ3n) is 5.89. The number of carbonyl (C=O) groups excluding carboxylic acids is 1. The van der Waals surface area contributed by atoms with Crippen molar-refractivity contribution in [2.24, 2.45) is 0 Å². The molecule has 1 heterocycles. The van der Waals surface area contributed by atoms with Crippen molar-refractivity contribution in [3.63, 3.8) is 0 Å². The summed E-state index contributed by atoms with van der Waals surface area (Å²) < 4.78 is 0. The Morgan fingerprint density at radius 3 is 2.57 bits per heavy atom. The van der Waals surface area contributed by atoms with E-state index in [1.807, 2.05) is 26.0 Å². The van der Waals surface area contributed by atoms with Crippen LogP contribution in [0, 0.1) is 19.3 Å². The van der Waals surface area contributed by atoms with Gasteiger partial charge in [0.15, 0.2) is 0 Å². The second-order valence-electron chi connectivity index (χ2n) is 8.58. The monoisotopic (exact) mass is 425 g/mol. The number of amides is 1. The Morgan fingerprint density at radius 1 is 1.27 bits per heavy atom. The summed E-state index contributed by atoms with van der Waals surface area (Å²) in [5.41, 5.74) is 5.11. The first-order valence-electron chi connectivity index (χ1n) is 10.7. The van der Waals surface area contributed by atoms with Gasteiger partial charge in [-0.1, -0.05) is 41.3 Å². The van der Waals surface area contributed by atoms with Crippen LogP contribution in [-0.4, -0.2) is 22.8 Å². The lowest BCUT2D eigenvalue weighted by Gasteiger charge is -2.18. The highest BCUT2D eigenvalue weighted by atomic mass is 31.1. The minimum Gasteiger partial charge on any atom is -0.348 e. The van der Waals surface area contributed by atoms with Gasteiger partial charge in [0.2, 0.25) is 0 Å². The molecule has 3 N–H and O–H groups in total. The molecule has 1 amide bonds. The van der Waals surface area contributed by atoms with E-state index in [1.165, 1.54) is 31.9 Å². The van der Waals surface area contributed by atoms with E-state index in [2.05, 4.69) is 30.2 Å². The average Bonchev–Trinajstić information content (AvgIpc) is 3.19. The van der Waals surface area contributed by atoms with Gasteiger partial charge in [-0.15, -0.1) is 0 Å². The highest BCUT2D eigenvalue weighted by Gasteiger charge is 2.21. The van der Waals surface area contributed by atoms with Gasteiger partial charge >= 0.3 is 0 Å². The van der Waals surface area contributed by atoms with Crippen LogP contribution < -0.4 is 16.2 Å². The number of aromatic nitrogens is 1. The SMILES string of the molecule is Cc1cc(C)c(CNC(=O)c2cc(C(C)C)cc(PC3CCCC3)c2C=N)c(=O)[nH]1. The number of pyridine rings is 1. The van der Waals surface area contributed by atoms with Crippen LogP contribution in [0.5, 0.6) is 0 Å². The molecule has 30 heavy (non-hydrogen) atoms. The zero-order valence-electron chi connectivity index (χ0n) is 18.3. The Kier molecular flexibility index (Phi) is 7.25. The first-order valence-corrected chi connectivity index (χ1v) is 11.8. The number of hydrogen-bond acceptors (Lipinski definition) is 3. The van der Waals surface area contributed by atoms with Crippen molar-refractivity contribution in [3.05, 3.63) is 62.1 Å². The maximum absolute atomic E-state index is 13.1. The molecule has 1 unspecified atom stereocenters. The average molecular weight is 426 g/mol. The maximum Gasteiger partial charge on any atom is 0.253 e. The number of nitrogens with one attached hydrogen (secondary N) is 3. The molecule has 1 aliphatic carbocycles. The molecule has 0 spiro atoms. The van der Waals surface area contributed by atoms with E-state index in [0.29, 0.717) is 31.3 Å². The number of H-pyrrole nitrogens is 1. The minimum atomic E-state index is -0.229. The molecular formula is C24H32N3O2P. The van der Waals surface area contributed by atoms with Crippen LogP contribution in [-0.2, 0) is 6.54 Å². The molecule has 0 saturated heterocycles. The van der Waals surface area contributed by atoms with Crippen molar-refractivity contribution >= 4 is 26.0 Å². The van der Waals surface area contributed by atoms with Crippen LogP contribution in [0.15, 0.2) is 23.0 Å². The summed E-state index contributed by atoms with van der Waals surface area (Å²) in [6.07, 6.45) is 6.34. The molecule has 1 aromatic heterocycles. The molecule has 1 aromatic carbocycles. The Bertz CT molecular complexity index is 1000. The van der Waals surface area contributed by atoms with Crippen molar-refractivity contribution < 1.29 is 4.79 Å². The van der Waals surface area contributed by atoms with E-state index in [-0.39, 0.29) is 18.0 Å². The molecule has 5 nitrogen and oxygen atoms in total. The van der Waals surface area contributed by atoms with E-state index < -0.39 is 0 Å². The molecule has 1 aliphatic rings.